The van der Waals surface area contributed by atoms with Crippen LogP contribution in [0.3, 0.4) is 0 Å². The molecule has 3 heteroatoms. The zero-order valence-electron chi connectivity index (χ0n) is 8.12. The van der Waals surface area contributed by atoms with Crippen LogP contribution in [0, 0.1) is 0 Å². The molecule has 1 aliphatic heterocycles. The van der Waals surface area contributed by atoms with Crippen LogP contribution in [0.1, 0.15) is 20.3 Å². The Hall–Kier alpha value is 0.270. The summed E-state index contributed by atoms with van der Waals surface area (Å²) in [4.78, 5) is 2.56. The minimum atomic E-state index is 0.674. The zero-order chi connectivity index (χ0) is 8.97. The van der Waals surface area contributed by atoms with Gasteiger partial charge in [0.05, 0.1) is 0 Å². The molecule has 0 aromatic heterocycles. The molecule has 2 nitrogen and oxygen atoms in total. The summed E-state index contributed by atoms with van der Waals surface area (Å²) in [7, 11) is 0. The highest BCUT2D eigenvalue weighted by Crippen LogP contribution is 2.19. The molecule has 1 fully saturated rings. The van der Waals surface area contributed by atoms with E-state index in [1.165, 1.54) is 25.3 Å². The van der Waals surface area contributed by atoms with E-state index in [2.05, 4.69) is 18.7 Å². The number of hydrogen-bond donors (Lipinski definition) is 1. The number of rotatable bonds is 3. The number of thioether (sulfide) groups is 1. The van der Waals surface area contributed by atoms with Crippen molar-refractivity contribution in [1.82, 2.24) is 4.90 Å². The molecule has 0 bridgehead atoms. The standard InChI is InChI=1S/C9H20N2S/c1-3-8(2)11-4-5-12-9(6-10)7-11/h8-9H,3-7,10H2,1-2H3. The molecule has 12 heavy (non-hydrogen) atoms. The van der Waals surface area contributed by atoms with E-state index in [-0.39, 0.29) is 0 Å². The van der Waals surface area contributed by atoms with E-state index in [0.29, 0.717) is 5.25 Å². The van der Waals surface area contributed by atoms with E-state index >= 15 is 0 Å². The lowest BCUT2D eigenvalue weighted by Gasteiger charge is -2.35. The summed E-state index contributed by atoms with van der Waals surface area (Å²) in [5, 5.41) is 0.674. The highest BCUT2D eigenvalue weighted by Gasteiger charge is 2.21. The summed E-state index contributed by atoms with van der Waals surface area (Å²) in [5.74, 6) is 1.26. The van der Waals surface area contributed by atoms with Crippen molar-refractivity contribution >= 4 is 11.8 Å². The van der Waals surface area contributed by atoms with Crippen LogP contribution in [0.5, 0.6) is 0 Å². The van der Waals surface area contributed by atoms with Crippen molar-refractivity contribution in [3.63, 3.8) is 0 Å². The fraction of sp³-hybridized carbons (Fsp3) is 1.00. The maximum Gasteiger partial charge on any atom is 0.0298 e. The molecule has 1 heterocycles. The Balaban J connectivity index is 2.34. The first-order chi connectivity index (χ1) is 5.77. The normalized spacial score (nSPS) is 28.8. The zero-order valence-corrected chi connectivity index (χ0v) is 8.94. The van der Waals surface area contributed by atoms with Gasteiger partial charge in [0.2, 0.25) is 0 Å². The van der Waals surface area contributed by atoms with Crippen LogP contribution < -0.4 is 5.73 Å². The first kappa shape index (κ1) is 10.4. The van der Waals surface area contributed by atoms with Crippen LogP contribution in [-0.2, 0) is 0 Å². The highest BCUT2D eigenvalue weighted by atomic mass is 32.2. The summed E-state index contributed by atoms with van der Waals surface area (Å²) in [5.41, 5.74) is 5.66. The van der Waals surface area contributed by atoms with Crippen molar-refractivity contribution in [3.05, 3.63) is 0 Å². The third-order valence-electron chi connectivity index (χ3n) is 2.65. The van der Waals surface area contributed by atoms with Gasteiger partial charge in [-0.1, -0.05) is 6.92 Å². The monoisotopic (exact) mass is 188 g/mol. The Labute approximate surface area is 79.9 Å². The van der Waals surface area contributed by atoms with Gasteiger partial charge in [-0.15, -0.1) is 0 Å². The van der Waals surface area contributed by atoms with E-state index in [9.17, 15) is 0 Å². The lowest BCUT2D eigenvalue weighted by atomic mass is 10.2. The molecule has 2 unspecified atom stereocenters. The smallest absolute Gasteiger partial charge is 0.0298 e. The first-order valence-corrected chi connectivity index (χ1v) is 5.88. The molecule has 0 spiro atoms. The summed E-state index contributed by atoms with van der Waals surface area (Å²) in [6.45, 7) is 7.83. The molecule has 0 aromatic rings. The van der Waals surface area contributed by atoms with E-state index in [0.717, 1.165) is 12.6 Å². The van der Waals surface area contributed by atoms with E-state index < -0.39 is 0 Å². The Morgan fingerprint density at radius 2 is 2.42 bits per heavy atom. The van der Waals surface area contributed by atoms with Crippen molar-refractivity contribution in [2.75, 3.05) is 25.4 Å². The van der Waals surface area contributed by atoms with Gasteiger partial charge in [-0.25, -0.2) is 0 Å². The van der Waals surface area contributed by atoms with Gasteiger partial charge in [-0.05, 0) is 13.3 Å². The van der Waals surface area contributed by atoms with E-state index in [4.69, 9.17) is 5.73 Å². The molecule has 1 aliphatic rings. The van der Waals surface area contributed by atoms with Crippen LogP contribution in [0.2, 0.25) is 0 Å². The second kappa shape index (κ2) is 5.10. The van der Waals surface area contributed by atoms with Gasteiger partial charge in [-0.2, -0.15) is 11.8 Å². The van der Waals surface area contributed by atoms with Gasteiger partial charge in [-0.3, -0.25) is 4.90 Å². The second-order valence-corrected chi connectivity index (χ2v) is 4.89. The van der Waals surface area contributed by atoms with Crippen molar-refractivity contribution in [2.24, 2.45) is 5.73 Å². The molecule has 2 N–H and O–H groups in total. The van der Waals surface area contributed by atoms with Gasteiger partial charge >= 0.3 is 0 Å². The molecule has 0 amide bonds. The average Bonchev–Trinajstić information content (AvgIpc) is 2.17. The average molecular weight is 188 g/mol. The lowest BCUT2D eigenvalue weighted by molar-refractivity contribution is 0.212. The van der Waals surface area contributed by atoms with Gasteiger partial charge < -0.3 is 5.73 Å². The quantitative estimate of drug-likeness (QED) is 0.721. The SMILES string of the molecule is CCC(C)N1CCSC(CN)C1. The second-order valence-electron chi connectivity index (χ2n) is 3.48. The molecule has 2 atom stereocenters. The third kappa shape index (κ3) is 2.64. The topological polar surface area (TPSA) is 29.3 Å². The summed E-state index contributed by atoms with van der Waals surface area (Å²) in [6, 6.07) is 0.736. The van der Waals surface area contributed by atoms with E-state index in [1.807, 2.05) is 11.8 Å². The minimum Gasteiger partial charge on any atom is -0.329 e. The molecule has 72 valence electrons. The summed E-state index contributed by atoms with van der Waals surface area (Å²) in [6.07, 6.45) is 1.25. The highest BCUT2D eigenvalue weighted by molar-refractivity contribution is 8.00. The molecule has 0 aromatic carbocycles. The molecule has 1 saturated heterocycles. The van der Waals surface area contributed by atoms with Gasteiger partial charge in [0, 0.05) is 36.7 Å². The minimum absolute atomic E-state index is 0.674. The lowest BCUT2D eigenvalue weighted by Crippen LogP contribution is -2.45. The van der Waals surface area contributed by atoms with Crippen molar-refractivity contribution < 1.29 is 0 Å². The molecule has 0 aliphatic carbocycles. The number of nitrogens with zero attached hydrogens (tertiary/aromatic N) is 1. The van der Waals surface area contributed by atoms with Crippen LogP contribution in [0.25, 0.3) is 0 Å². The van der Waals surface area contributed by atoms with Crippen LogP contribution in [0.4, 0.5) is 0 Å². The number of hydrogen-bond acceptors (Lipinski definition) is 3. The van der Waals surface area contributed by atoms with Crippen molar-refractivity contribution in [3.8, 4) is 0 Å². The van der Waals surface area contributed by atoms with Gasteiger partial charge in [0.1, 0.15) is 0 Å². The van der Waals surface area contributed by atoms with Crippen LogP contribution in [-0.4, -0.2) is 41.6 Å². The van der Waals surface area contributed by atoms with Gasteiger partial charge in [0.25, 0.3) is 0 Å². The van der Waals surface area contributed by atoms with E-state index in [1.54, 1.807) is 0 Å². The summed E-state index contributed by atoms with van der Waals surface area (Å²) < 4.78 is 0. The predicted molar refractivity (Wildman–Crippen MR) is 56.6 cm³/mol. The van der Waals surface area contributed by atoms with Crippen molar-refractivity contribution in [2.45, 2.75) is 31.6 Å². The molecular weight excluding hydrogens is 168 g/mol. The summed E-state index contributed by atoms with van der Waals surface area (Å²) >= 11 is 2.03. The number of nitrogens with two attached hydrogens (primary N) is 1. The Bertz CT molecular complexity index is 128. The first-order valence-electron chi connectivity index (χ1n) is 4.83. The maximum absolute atomic E-state index is 5.66. The Morgan fingerprint density at radius 1 is 1.67 bits per heavy atom. The maximum atomic E-state index is 5.66. The van der Waals surface area contributed by atoms with Crippen LogP contribution >= 0.6 is 11.8 Å². The Morgan fingerprint density at radius 3 is 3.00 bits per heavy atom. The fourth-order valence-corrected chi connectivity index (χ4v) is 2.65. The third-order valence-corrected chi connectivity index (χ3v) is 3.88. The molecular formula is C9H20N2S. The van der Waals surface area contributed by atoms with Crippen molar-refractivity contribution in [1.29, 1.82) is 0 Å². The van der Waals surface area contributed by atoms with Gasteiger partial charge in [0.15, 0.2) is 0 Å². The van der Waals surface area contributed by atoms with Crippen LogP contribution in [0.15, 0.2) is 0 Å². The molecule has 0 saturated carbocycles. The largest absolute Gasteiger partial charge is 0.329 e. The molecule has 1 rings (SSSR count). The fourth-order valence-electron chi connectivity index (χ4n) is 1.54. The Kier molecular flexibility index (Phi) is 4.40. The predicted octanol–water partition coefficient (Wildman–Crippen LogP) is 1.16. The molecule has 0 radical (unpaired) electrons.